The zero-order valence-corrected chi connectivity index (χ0v) is 13.5. The molecule has 1 aromatic heterocycles. The van der Waals surface area contributed by atoms with Gasteiger partial charge in [-0.1, -0.05) is 24.3 Å². The van der Waals surface area contributed by atoms with Gasteiger partial charge in [-0.2, -0.15) is 0 Å². The Balaban J connectivity index is 1.48. The molecule has 1 aromatic carbocycles. The molecule has 1 aliphatic heterocycles. The van der Waals surface area contributed by atoms with Gasteiger partial charge in [0.05, 0.1) is 6.42 Å². The van der Waals surface area contributed by atoms with Crippen molar-refractivity contribution in [1.29, 1.82) is 0 Å². The highest BCUT2D eigenvalue weighted by atomic mass is 32.1. The van der Waals surface area contributed by atoms with Crippen LogP contribution in [0.1, 0.15) is 4.88 Å². The Morgan fingerprint density at radius 3 is 2.30 bits per heavy atom. The van der Waals surface area contributed by atoms with Crippen LogP contribution in [0.5, 0.6) is 5.75 Å². The Kier molecular flexibility index (Phi) is 4.92. The van der Waals surface area contributed by atoms with Crippen LogP contribution in [0.15, 0.2) is 47.8 Å². The summed E-state index contributed by atoms with van der Waals surface area (Å²) in [6.45, 7) is 2.10. The SMILES string of the molecule is O=C(Cc1cccs1)N1CCN(C(=O)Oc2ccccc2)CC1. The fourth-order valence-electron chi connectivity index (χ4n) is 2.47. The van der Waals surface area contributed by atoms with Crippen LogP contribution in [0.2, 0.25) is 0 Å². The molecule has 5 nitrogen and oxygen atoms in total. The van der Waals surface area contributed by atoms with Crippen molar-refractivity contribution in [2.75, 3.05) is 26.2 Å². The number of para-hydroxylation sites is 1. The van der Waals surface area contributed by atoms with Gasteiger partial charge < -0.3 is 14.5 Å². The van der Waals surface area contributed by atoms with Gasteiger partial charge in [-0.05, 0) is 23.6 Å². The number of carbonyl (C=O) groups excluding carboxylic acids is 2. The second kappa shape index (κ2) is 7.28. The van der Waals surface area contributed by atoms with E-state index < -0.39 is 0 Å². The summed E-state index contributed by atoms with van der Waals surface area (Å²) in [7, 11) is 0. The molecule has 1 aliphatic rings. The summed E-state index contributed by atoms with van der Waals surface area (Å²) in [6, 6.07) is 12.9. The monoisotopic (exact) mass is 330 g/mol. The van der Waals surface area contributed by atoms with E-state index in [-0.39, 0.29) is 12.0 Å². The van der Waals surface area contributed by atoms with E-state index in [1.165, 1.54) is 0 Å². The predicted octanol–water partition coefficient (Wildman–Crippen LogP) is 2.63. The van der Waals surface area contributed by atoms with Crippen molar-refractivity contribution in [3.8, 4) is 5.75 Å². The van der Waals surface area contributed by atoms with Gasteiger partial charge in [0, 0.05) is 31.1 Å². The lowest BCUT2D eigenvalue weighted by molar-refractivity contribution is -0.131. The number of amides is 2. The molecule has 2 aromatic rings. The number of hydrogen-bond donors (Lipinski definition) is 0. The van der Waals surface area contributed by atoms with Gasteiger partial charge in [-0.25, -0.2) is 4.79 Å². The van der Waals surface area contributed by atoms with Gasteiger partial charge in [0.1, 0.15) is 5.75 Å². The van der Waals surface area contributed by atoms with Crippen LogP contribution in [-0.4, -0.2) is 48.0 Å². The number of piperazine rings is 1. The zero-order chi connectivity index (χ0) is 16.1. The van der Waals surface area contributed by atoms with Gasteiger partial charge in [-0.15, -0.1) is 11.3 Å². The van der Waals surface area contributed by atoms with Gasteiger partial charge in [0.2, 0.25) is 5.91 Å². The van der Waals surface area contributed by atoms with E-state index in [9.17, 15) is 9.59 Å². The number of ether oxygens (including phenoxy) is 1. The van der Waals surface area contributed by atoms with E-state index >= 15 is 0 Å². The molecule has 0 atom stereocenters. The Labute approximate surface area is 139 Å². The minimum atomic E-state index is -0.360. The number of carbonyl (C=O) groups is 2. The standard InChI is InChI=1S/C17H18N2O3S/c20-16(13-15-7-4-12-23-15)18-8-10-19(11-9-18)17(21)22-14-5-2-1-3-6-14/h1-7,12H,8-11,13H2. The highest BCUT2D eigenvalue weighted by Gasteiger charge is 2.25. The molecular weight excluding hydrogens is 312 g/mol. The summed E-state index contributed by atoms with van der Waals surface area (Å²) >= 11 is 1.59. The van der Waals surface area contributed by atoms with Crippen molar-refractivity contribution < 1.29 is 14.3 Å². The Morgan fingerprint density at radius 2 is 1.65 bits per heavy atom. The summed E-state index contributed by atoms with van der Waals surface area (Å²) in [4.78, 5) is 28.9. The smallest absolute Gasteiger partial charge is 0.410 e. The second-order valence-corrected chi connectivity index (χ2v) is 6.34. The molecule has 2 amide bonds. The number of rotatable bonds is 3. The average molecular weight is 330 g/mol. The van der Waals surface area contributed by atoms with Crippen LogP contribution >= 0.6 is 11.3 Å². The third-order valence-electron chi connectivity index (χ3n) is 3.74. The number of hydrogen-bond acceptors (Lipinski definition) is 4. The zero-order valence-electron chi connectivity index (χ0n) is 12.7. The van der Waals surface area contributed by atoms with Crippen molar-refractivity contribution in [3.05, 3.63) is 52.7 Å². The number of benzene rings is 1. The Morgan fingerprint density at radius 1 is 0.957 bits per heavy atom. The molecule has 0 radical (unpaired) electrons. The van der Waals surface area contributed by atoms with Crippen LogP contribution in [0.25, 0.3) is 0 Å². The van der Waals surface area contributed by atoms with Crippen LogP contribution in [0.4, 0.5) is 4.79 Å². The molecule has 0 bridgehead atoms. The lowest BCUT2D eigenvalue weighted by Crippen LogP contribution is -2.51. The first kappa shape index (κ1) is 15.6. The van der Waals surface area contributed by atoms with E-state index in [4.69, 9.17) is 4.74 Å². The molecule has 0 unspecified atom stereocenters. The fourth-order valence-corrected chi connectivity index (χ4v) is 3.16. The van der Waals surface area contributed by atoms with Crippen LogP contribution in [0.3, 0.4) is 0 Å². The topological polar surface area (TPSA) is 49.9 Å². The van der Waals surface area contributed by atoms with Crippen LogP contribution < -0.4 is 4.74 Å². The van der Waals surface area contributed by atoms with Gasteiger partial charge >= 0.3 is 6.09 Å². The first-order chi connectivity index (χ1) is 11.2. The molecule has 6 heteroatoms. The van der Waals surface area contributed by atoms with E-state index in [1.54, 1.807) is 28.4 Å². The maximum atomic E-state index is 12.2. The minimum Gasteiger partial charge on any atom is -0.410 e. The summed E-state index contributed by atoms with van der Waals surface area (Å²) in [5.41, 5.74) is 0. The maximum Gasteiger partial charge on any atom is 0.415 e. The molecule has 1 fully saturated rings. The lowest BCUT2D eigenvalue weighted by Gasteiger charge is -2.34. The summed E-state index contributed by atoms with van der Waals surface area (Å²) in [5, 5.41) is 1.97. The molecular formula is C17H18N2O3S. The summed E-state index contributed by atoms with van der Waals surface area (Å²) in [5.74, 6) is 0.650. The van der Waals surface area contributed by atoms with Crippen molar-refractivity contribution in [2.45, 2.75) is 6.42 Å². The molecule has 3 rings (SSSR count). The minimum absolute atomic E-state index is 0.114. The van der Waals surface area contributed by atoms with E-state index in [0.717, 1.165) is 4.88 Å². The predicted molar refractivity (Wildman–Crippen MR) is 88.6 cm³/mol. The second-order valence-electron chi connectivity index (χ2n) is 5.30. The van der Waals surface area contributed by atoms with Crippen molar-refractivity contribution >= 4 is 23.3 Å². The highest BCUT2D eigenvalue weighted by molar-refractivity contribution is 7.10. The molecule has 23 heavy (non-hydrogen) atoms. The molecule has 1 saturated heterocycles. The molecule has 0 saturated carbocycles. The molecule has 2 heterocycles. The highest BCUT2D eigenvalue weighted by Crippen LogP contribution is 2.14. The van der Waals surface area contributed by atoms with Gasteiger partial charge in [0.25, 0.3) is 0 Å². The molecule has 0 spiro atoms. The first-order valence-electron chi connectivity index (χ1n) is 7.54. The van der Waals surface area contributed by atoms with E-state index in [0.29, 0.717) is 38.3 Å². The van der Waals surface area contributed by atoms with E-state index in [2.05, 4.69) is 0 Å². The Bertz CT molecular complexity index is 650. The van der Waals surface area contributed by atoms with Crippen molar-refractivity contribution in [2.24, 2.45) is 0 Å². The number of thiophene rings is 1. The normalized spacial score (nSPS) is 14.6. The summed E-state index contributed by atoms with van der Waals surface area (Å²) < 4.78 is 5.32. The first-order valence-corrected chi connectivity index (χ1v) is 8.42. The maximum absolute atomic E-state index is 12.2. The molecule has 0 aliphatic carbocycles. The lowest BCUT2D eigenvalue weighted by atomic mass is 10.2. The molecule has 120 valence electrons. The summed E-state index contributed by atoms with van der Waals surface area (Å²) in [6.07, 6.45) is 0.0770. The molecule has 0 N–H and O–H groups in total. The third kappa shape index (κ3) is 4.10. The Hall–Kier alpha value is -2.34. The average Bonchev–Trinajstić information content (AvgIpc) is 3.09. The van der Waals surface area contributed by atoms with E-state index in [1.807, 2.05) is 40.6 Å². The van der Waals surface area contributed by atoms with Crippen LogP contribution in [-0.2, 0) is 11.2 Å². The quantitative estimate of drug-likeness (QED) is 0.869. The van der Waals surface area contributed by atoms with Crippen molar-refractivity contribution in [3.63, 3.8) is 0 Å². The fraction of sp³-hybridized carbons (Fsp3) is 0.294. The van der Waals surface area contributed by atoms with Crippen molar-refractivity contribution in [1.82, 2.24) is 9.80 Å². The van der Waals surface area contributed by atoms with Crippen LogP contribution in [0, 0.1) is 0 Å². The third-order valence-corrected chi connectivity index (χ3v) is 4.62. The van der Waals surface area contributed by atoms with Gasteiger partial charge in [0.15, 0.2) is 0 Å². The van der Waals surface area contributed by atoms with Gasteiger partial charge in [-0.3, -0.25) is 4.79 Å². The largest absolute Gasteiger partial charge is 0.415 e. The number of nitrogens with zero attached hydrogens (tertiary/aromatic N) is 2.